The van der Waals surface area contributed by atoms with Gasteiger partial charge >= 0.3 is 0 Å². The molecule has 0 saturated carbocycles. The standard InChI is InChI=1S/C20H41BO2/c1-14(2)12-19(9,10)23-17(6)20(11,21)16(5)22-13-18(7,8)15(3)4/h14-17H,12-13H2,1-11H3. The summed E-state index contributed by atoms with van der Waals surface area (Å²) in [4.78, 5) is 0. The van der Waals surface area contributed by atoms with Gasteiger partial charge in [0.2, 0.25) is 0 Å². The van der Waals surface area contributed by atoms with Gasteiger partial charge in [0.05, 0.1) is 32.3 Å². The summed E-state index contributed by atoms with van der Waals surface area (Å²) in [5.41, 5.74) is -0.0313. The van der Waals surface area contributed by atoms with Crippen molar-refractivity contribution in [2.45, 2.75) is 106 Å². The van der Waals surface area contributed by atoms with Crippen molar-refractivity contribution in [2.24, 2.45) is 17.3 Å². The quantitative estimate of drug-likeness (QED) is 0.483. The van der Waals surface area contributed by atoms with E-state index < -0.39 is 5.31 Å². The molecule has 0 fully saturated rings. The highest BCUT2D eigenvalue weighted by molar-refractivity contribution is 6.15. The fourth-order valence-corrected chi connectivity index (χ4v) is 2.65. The first-order chi connectivity index (χ1) is 10.1. The SMILES string of the molecule is [B]C(C)(C(C)OCC(C)(C)C(C)C)C(C)OC(C)(C)CC(C)C. The maximum atomic E-state index is 6.60. The zero-order chi connectivity index (χ0) is 18.6. The van der Waals surface area contributed by atoms with Gasteiger partial charge < -0.3 is 9.47 Å². The predicted molar refractivity (Wildman–Crippen MR) is 102 cm³/mol. The minimum atomic E-state index is -0.526. The molecule has 3 heteroatoms. The minimum absolute atomic E-state index is 0.0645. The minimum Gasteiger partial charge on any atom is -0.378 e. The highest BCUT2D eigenvalue weighted by Crippen LogP contribution is 2.38. The average molecular weight is 324 g/mol. The first-order valence-corrected chi connectivity index (χ1v) is 9.20. The number of hydrogen-bond donors (Lipinski definition) is 0. The molecule has 0 spiro atoms. The fraction of sp³-hybridized carbons (Fsp3) is 1.00. The first-order valence-electron chi connectivity index (χ1n) is 9.20. The van der Waals surface area contributed by atoms with E-state index in [4.69, 9.17) is 17.3 Å². The Bertz CT molecular complexity index is 346. The number of hydrogen-bond acceptors (Lipinski definition) is 2. The molecule has 23 heavy (non-hydrogen) atoms. The maximum Gasteiger partial charge on any atom is 0.0813 e. The molecular formula is C20H41BO2. The summed E-state index contributed by atoms with van der Waals surface area (Å²) in [7, 11) is 6.60. The lowest BCUT2D eigenvalue weighted by molar-refractivity contribution is -0.118. The van der Waals surface area contributed by atoms with E-state index in [2.05, 4.69) is 69.2 Å². The van der Waals surface area contributed by atoms with E-state index in [0.717, 1.165) is 6.42 Å². The van der Waals surface area contributed by atoms with E-state index in [0.29, 0.717) is 18.4 Å². The molecule has 0 aliphatic carbocycles. The fourth-order valence-electron chi connectivity index (χ4n) is 2.65. The molecule has 0 rings (SSSR count). The maximum absolute atomic E-state index is 6.60. The van der Waals surface area contributed by atoms with E-state index in [1.54, 1.807) is 0 Å². The van der Waals surface area contributed by atoms with Gasteiger partial charge in [-0.2, -0.15) is 0 Å². The first kappa shape index (κ1) is 23.0. The van der Waals surface area contributed by atoms with Crippen molar-refractivity contribution in [3.05, 3.63) is 0 Å². The molecule has 2 nitrogen and oxygen atoms in total. The van der Waals surface area contributed by atoms with Crippen LogP contribution in [0.4, 0.5) is 0 Å². The Morgan fingerprint density at radius 1 is 0.826 bits per heavy atom. The molecule has 3 atom stereocenters. The molecule has 3 unspecified atom stereocenters. The van der Waals surface area contributed by atoms with Crippen molar-refractivity contribution < 1.29 is 9.47 Å². The van der Waals surface area contributed by atoms with Crippen molar-refractivity contribution in [3.8, 4) is 0 Å². The molecule has 0 aliphatic heterocycles. The molecule has 0 aliphatic rings. The van der Waals surface area contributed by atoms with Crippen LogP contribution in [0.5, 0.6) is 0 Å². The van der Waals surface area contributed by atoms with Crippen molar-refractivity contribution in [3.63, 3.8) is 0 Å². The van der Waals surface area contributed by atoms with Crippen LogP contribution in [-0.4, -0.2) is 32.3 Å². The van der Waals surface area contributed by atoms with Crippen molar-refractivity contribution in [1.29, 1.82) is 0 Å². The van der Waals surface area contributed by atoms with E-state index in [9.17, 15) is 0 Å². The van der Waals surface area contributed by atoms with E-state index in [-0.39, 0.29) is 23.2 Å². The normalized spacial score (nSPS) is 19.0. The van der Waals surface area contributed by atoms with Gasteiger partial charge in [-0.05, 0) is 56.7 Å². The molecule has 0 aromatic rings. The van der Waals surface area contributed by atoms with Gasteiger partial charge in [0.25, 0.3) is 0 Å². The van der Waals surface area contributed by atoms with E-state index in [1.807, 2.05) is 6.92 Å². The van der Waals surface area contributed by atoms with Crippen LogP contribution in [0.1, 0.15) is 82.6 Å². The zero-order valence-corrected chi connectivity index (χ0v) is 17.6. The molecule has 0 heterocycles. The molecule has 0 saturated heterocycles. The summed E-state index contributed by atoms with van der Waals surface area (Å²) >= 11 is 0. The lowest BCUT2D eigenvalue weighted by Gasteiger charge is -2.43. The lowest BCUT2D eigenvalue weighted by Crippen LogP contribution is -2.43. The summed E-state index contributed by atoms with van der Waals surface area (Å²) in [6.45, 7) is 24.5. The van der Waals surface area contributed by atoms with E-state index in [1.165, 1.54) is 0 Å². The molecule has 0 amide bonds. The predicted octanol–water partition coefficient (Wildman–Crippen LogP) is 5.65. The second-order valence-corrected chi connectivity index (χ2v) is 9.58. The smallest absolute Gasteiger partial charge is 0.0813 e. The van der Waals surface area contributed by atoms with Crippen molar-refractivity contribution >= 4 is 7.85 Å². The third-order valence-corrected chi connectivity index (χ3v) is 5.42. The third-order valence-electron chi connectivity index (χ3n) is 5.42. The van der Waals surface area contributed by atoms with Gasteiger partial charge in [0.15, 0.2) is 0 Å². The highest BCUT2D eigenvalue weighted by Gasteiger charge is 2.37. The van der Waals surface area contributed by atoms with Crippen LogP contribution < -0.4 is 0 Å². The molecule has 0 bridgehead atoms. The van der Waals surface area contributed by atoms with Crippen LogP contribution in [0.25, 0.3) is 0 Å². The zero-order valence-electron chi connectivity index (χ0n) is 17.6. The summed E-state index contributed by atoms with van der Waals surface area (Å²) < 4.78 is 12.5. The van der Waals surface area contributed by atoms with Crippen LogP contribution in [0, 0.1) is 17.3 Å². The Morgan fingerprint density at radius 2 is 1.30 bits per heavy atom. The number of rotatable bonds is 10. The van der Waals surface area contributed by atoms with E-state index >= 15 is 0 Å². The summed E-state index contributed by atoms with van der Waals surface area (Å²) in [6, 6.07) is 0. The Kier molecular flexibility index (Phi) is 8.38. The summed E-state index contributed by atoms with van der Waals surface area (Å²) in [6.07, 6.45) is 0.877. The third kappa shape index (κ3) is 7.60. The van der Waals surface area contributed by atoms with Crippen LogP contribution >= 0.6 is 0 Å². The summed E-state index contributed by atoms with van der Waals surface area (Å²) in [5, 5.41) is -0.526. The van der Waals surface area contributed by atoms with Gasteiger partial charge in [-0.1, -0.05) is 48.5 Å². The Morgan fingerprint density at radius 3 is 1.70 bits per heavy atom. The van der Waals surface area contributed by atoms with Gasteiger partial charge in [-0.25, -0.2) is 0 Å². The Hall–Kier alpha value is -0.0151. The lowest BCUT2D eigenvalue weighted by atomic mass is 9.63. The van der Waals surface area contributed by atoms with Crippen LogP contribution in [0.15, 0.2) is 0 Å². The van der Waals surface area contributed by atoms with Crippen LogP contribution in [0.3, 0.4) is 0 Å². The molecule has 136 valence electrons. The van der Waals surface area contributed by atoms with Gasteiger partial charge in [-0.3, -0.25) is 0 Å². The van der Waals surface area contributed by atoms with Crippen molar-refractivity contribution in [2.75, 3.05) is 6.61 Å². The topological polar surface area (TPSA) is 18.5 Å². The highest BCUT2D eigenvalue weighted by atomic mass is 16.5. The molecule has 0 aromatic carbocycles. The Balaban J connectivity index is 4.76. The Labute approximate surface area is 147 Å². The monoisotopic (exact) mass is 324 g/mol. The van der Waals surface area contributed by atoms with Crippen LogP contribution in [-0.2, 0) is 9.47 Å². The molecule has 0 aromatic heterocycles. The van der Waals surface area contributed by atoms with Crippen molar-refractivity contribution in [1.82, 2.24) is 0 Å². The second-order valence-electron chi connectivity index (χ2n) is 9.58. The van der Waals surface area contributed by atoms with Gasteiger partial charge in [0.1, 0.15) is 0 Å². The van der Waals surface area contributed by atoms with Gasteiger partial charge in [0, 0.05) is 0 Å². The second kappa shape index (κ2) is 8.38. The van der Waals surface area contributed by atoms with Gasteiger partial charge in [-0.15, -0.1) is 0 Å². The largest absolute Gasteiger partial charge is 0.378 e. The molecular weight excluding hydrogens is 283 g/mol. The average Bonchev–Trinajstić information content (AvgIpc) is 2.33. The molecule has 0 N–H and O–H groups in total. The number of ether oxygens (including phenoxy) is 2. The van der Waals surface area contributed by atoms with Crippen LogP contribution in [0.2, 0.25) is 5.31 Å². The molecule has 2 radical (unpaired) electrons. The summed E-state index contributed by atoms with van der Waals surface area (Å²) in [5.74, 6) is 1.17.